The first kappa shape index (κ1) is 14.9. The smallest absolute Gasteiger partial charge is 0.244 e. The van der Waals surface area contributed by atoms with Gasteiger partial charge in [-0.1, -0.05) is 6.42 Å². The Morgan fingerprint density at radius 3 is 2.85 bits per heavy atom. The Balaban J connectivity index is 1.59. The van der Waals surface area contributed by atoms with Crippen molar-refractivity contribution in [2.45, 2.75) is 32.6 Å². The van der Waals surface area contributed by atoms with E-state index in [1.54, 1.807) is 6.08 Å². The Bertz CT molecular complexity index is 445. The minimum atomic E-state index is -0.0577. The fourth-order valence-corrected chi connectivity index (χ4v) is 2.46. The molecule has 0 atom stereocenters. The fraction of sp³-hybridized carbons (Fsp3) is 0.562. The number of carbonyl (C=O) groups is 1. The third-order valence-corrected chi connectivity index (χ3v) is 3.56. The summed E-state index contributed by atoms with van der Waals surface area (Å²) >= 11 is 0. The summed E-state index contributed by atoms with van der Waals surface area (Å²) in [7, 11) is 0. The Hall–Kier alpha value is -1.55. The molecule has 2 heterocycles. The van der Waals surface area contributed by atoms with Crippen LogP contribution in [0.3, 0.4) is 0 Å². The number of rotatable bonds is 6. The summed E-state index contributed by atoms with van der Waals surface area (Å²) in [5.74, 6) is 1.51. The van der Waals surface area contributed by atoms with E-state index in [0.29, 0.717) is 5.76 Å². The number of aryl methyl sites for hydroxylation is 1. The largest absolute Gasteiger partial charge is 0.462 e. The molecule has 1 aromatic rings. The molecule has 1 aromatic heterocycles. The second-order valence-corrected chi connectivity index (χ2v) is 5.33. The predicted molar refractivity (Wildman–Crippen MR) is 80.4 cm³/mol. The average molecular weight is 276 g/mol. The lowest BCUT2D eigenvalue weighted by atomic mass is 10.1. The zero-order chi connectivity index (χ0) is 14.2. The molecule has 0 radical (unpaired) electrons. The van der Waals surface area contributed by atoms with Crippen LogP contribution in [0.2, 0.25) is 0 Å². The van der Waals surface area contributed by atoms with Crippen LogP contribution < -0.4 is 5.32 Å². The Labute approximate surface area is 120 Å². The van der Waals surface area contributed by atoms with Crippen molar-refractivity contribution in [3.8, 4) is 0 Å². The number of nitrogens with zero attached hydrogens (tertiary/aromatic N) is 1. The van der Waals surface area contributed by atoms with Crippen molar-refractivity contribution in [1.29, 1.82) is 0 Å². The lowest BCUT2D eigenvalue weighted by Crippen LogP contribution is -2.33. The maximum Gasteiger partial charge on any atom is 0.244 e. The molecule has 1 amide bonds. The Kier molecular flexibility index (Phi) is 5.87. The van der Waals surface area contributed by atoms with E-state index in [2.05, 4.69) is 10.2 Å². The highest BCUT2D eigenvalue weighted by Crippen LogP contribution is 2.09. The highest BCUT2D eigenvalue weighted by Gasteiger charge is 2.08. The van der Waals surface area contributed by atoms with Crippen LogP contribution in [0.5, 0.6) is 0 Å². The Morgan fingerprint density at radius 2 is 2.15 bits per heavy atom. The maximum absolute atomic E-state index is 11.6. The van der Waals surface area contributed by atoms with E-state index in [-0.39, 0.29) is 5.91 Å². The molecular weight excluding hydrogens is 252 g/mol. The minimum Gasteiger partial charge on any atom is -0.462 e. The number of piperidine rings is 1. The summed E-state index contributed by atoms with van der Waals surface area (Å²) in [4.78, 5) is 14.1. The molecule has 0 bridgehead atoms. The number of likely N-dealkylation sites (tertiary alicyclic amines) is 1. The third kappa shape index (κ3) is 5.21. The van der Waals surface area contributed by atoms with Crippen molar-refractivity contribution in [2.24, 2.45) is 0 Å². The monoisotopic (exact) mass is 276 g/mol. The van der Waals surface area contributed by atoms with Crippen LogP contribution in [-0.4, -0.2) is 37.0 Å². The lowest BCUT2D eigenvalue weighted by Gasteiger charge is -2.26. The minimum absolute atomic E-state index is 0.0577. The molecule has 4 nitrogen and oxygen atoms in total. The summed E-state index contributed by atoms with van der Waals surface area (Å²) in [6.45, 7) is 6.13. The van der Waals surface area contributed by atoms with Gasteiger partial charge in [-0.3, -0.25) is 4.79 Å². The topological polar surface area (TPSA) is 45.5 Å². The molecule has 1 aliphatic rings. The molecule has 0 aliphatic carbocycles. The number of hydrogen-bond acceptors (Lipinski definition) is 3. The number of nitrogens with one attached hydrogen (secondary N) is 1. The van der Waals surface area contributed by atoms with Crippen LogP contribution in [0, 0.1) is 6.92 Å². The molecule has 110 valence electrons. The van der Waals surface area contributed by atoms with Gasteiger partial charge in [0, 0.05) is 12.6 Å². The standard InChI is InChI=1S/C16H24N2O2/c1-14-6-7-15(20-14)8-9-16(19)17-10-5-13-18-11-3-2-4-12-18/h6-9H,2-5,10-13H2,1H3,(H,17,19)/b9-8+. The number of furan rings is 1. The first-order chi connectivity index (χ1) is 9.74. The first-order valence-corrected chi connectivity index (χ1v) is 7.49. The zero-order valence-electron chi connectivity index (χ0n) is 12.2. The highest BCUT2D eigenvalue weighted by atomic mass is 16.3. The van der Waals surface area contributed by atoms with E-state index in [9.17, 15) is 4.79 Å². The van der Waals surface area contributed by atoms with Crippen LogP contribution in [-0.2, 0) is 4.79 Å². The molecule has 0 saturated carbocycles. The molecule has 0 unspecified atom stereocenters. The lowest BCUT2D eigenvalue weighted by molar-refractivity contribution is -0.116. The van der Waals surface area contributed by atoms with E-state index < -0.39 is 0 Å². The third-order valence-electron chi connectivity index (χ3n) is 3.56. The summed E-state index contributed by atoms with van der Waals surface area (Å²) < 4.78 is 5.37. The van der Waals surface area contributed by atoms with E-state index >= 15 is 0 Å². The maximum atomic E-state index is 11.6. The van der Waals surface area contributed by atoms with Crippen LogP contribution in [0.25, 0.3) is 6.08 Å². The molecule has 4 heteroatoms. The van der Waals surface area contributed by atoms with Crippen molar-refractivity contribution in [3.05, 3.63) is 29.7 Å². The van der Waals surface area contributed by atoms with E-state index in [0.717, 1.165) is 25.3 Å². The van der Waals surface area contributed by atoms with Crippen molar-refractivity contribution in [3.63, 3.8) is 0 Å². The highest BCUT2D eigenvalue weighted by molar-refractivity contribution is 5.91. The summed E-state index contributed by atoms with van der Waals surface area (Å²) in [6.07, 6.45) is 8.24. The van der Waals surface area contributed by atoms with E-state index in [1.807, 2.05) is 19.1 Å². The second-order valence-electron chi connectivity index (χ2n) is 5.33. The van der Waals surface area contributed by atoms with Crippen LogP contribution in [0.4, 0.5) is 0 Å². The Morgan fingerprint density at radius 1 is 1.35 bits per heavy atom. The molecular formula is C16H24N2O2. The van der Waals surface area contributed by atoms with Crippen molar-refractivity contribution >= 4 is 12.0 Å². The SMILES string of the molecule is Cc1ccc(/C=C/C(=O)NCCCN2CCCCC2)o1. The molecule has 0 aromatic carbocycles. The van der Waals surface area contributed by atoms with Gasteiger partial charge >= 0.3 is 0 Å². The molecule has 0 spiro atoms. The normalized spacial score (nSPS) is 16.6. The summed E-state index contributed by atoms with van der Waals surface area (Å²) in [6, 6.07) is 3.74. The summed E-state index contributed by atoms with van der Waals surface area (Å²) in [5, 5.41) is 2.91. The molecule has 2 rings (SSSR count). The first-order valence-electron chi connectivity index (χ1n) is 7.49. The van der Waals surface area contributed by atoms with Gasteiger partial charge in [0.05, 0.1) is 0 Å². The van der Waals surface area contributed by atoms with Gasteiger partial charge in [0.2, 0.25) is 5.91 Å². The zero-order valence-corrected chi connectivity index (χ0v) is 12.2. The average Bonchev–Trinajstić information content (AvgIpc) is 2.88. The molecule has 1 N–H and O–H groups in total. The van der Waals surface area contributed by atoms with Crippen LogP contribution in [0.1, 0.15) is 37.2 Å². The van der Waals surface area contributed by atoms with Crippen LogP contribution >= 0.6 is 0 Å². The molecule has 1 fully saturated rings. The van der Waals surface area contributed by atoms with E-state index in [4.69, 9.17) is 4.42 Å². The fourth-order valence-electron chi connectivity index (χ4n) is 2.46. The summed E-state index contributed by atoms with van der Waals surface area (Å²) in [5.41, 5.74) is 0. The van der Waals surface area contributed by atoms with Crippen molar-refractivity contribution in [2.75, 3.05) is 26.2 Å². The van der Waals surface area contributed by atoms with Crippen molar-refractivity contribution in [1.82, 2.24) is 10.2 Å². The van der Waals surface area contributed by atoms with Gasteiger partial charge in [-0.15, -0.1) is 0 Å². The number of hydrogen-bond donors (Lipinski definition) is 1. The van der Waals surface area contributed by atoms with Gasteiger partial charge < -0.3 is 14.6 Å². The number of amides is 1. The molecule has 20 heavy (non-hydrogen) atoms. The van der Waals surface area contributed by atoms with Crippen molar-refractivity contribution < 1.29 is 9.21 Å². The quantitative estimate of drug-likeness (QED) is 0.641. The van der Waals surface area contributed by atoms with E-state index in [1.165, 1.54) is 38.4 Å². The van der Waals surface area contributed by atoms with Gasteiger partial charge in [-0.2, -0.15) is 0 Å². The van der Waals surface area contributed by atoms with Crippen LogP contribution in [0.15, 0.2) is 22.6 Å². The van der Waals surface area contributed by atoms with Gasteiger partial charge in [-0.25, -0.2) is 0 Å². The van der Waals surface area contributed by atoms with Gasteiger partial charge in [0.1, 0.15) is 11.5 Å². The van der Waals surface area contributed by atoms with Gasteiger partial charge in [0.25, 0.3) is 0 Å². The molecule has 1 saturated heterocycles. The van der Waals surface area contributed by atoms with Gasteiger partial charge in [0.15, 0.2) is 0 Å². The number of carbonyl (C=O) groups excluding carboxylic acids is 1. The molecule has 1 aliphatic heterocycles. The predicted octanol–water partition coefficient (Wildman–Crippen LogP) is 2.59. The van der Waals surface area contributed by atoms with Gasteiger partial charge in [-0.05, 0) is 64.0 Å². The second kappa shape index (κ2) is 7.90.